The molecule has 3 aromatic rings. The first-order chi connectivity index (χ1) is 14.0. The quantitative estimate of drug-likeness (QED) is 0.329. The van der Waals surface area contributed by atoms with E-state index in [2.05, 4.69) is 11.9 Å². The molecule has 29 heavy (non-hydrogen) atoms. The molecule has 0 saturated carbocycles. The van der Waals surface area contributed by atoms with Crippen LogP contribution in [0.15, 0.2) is 71.7 Å². The van der Waals surface area contributed by atoms with Gasteiger partial charge in [-0.15, -0.1) is 6.58 Å². The molecule has 2 aromatic carbocycles. The van der Waals surface area contributed by atoms with E-state index in [4.69, 9.17) is 9.15 Å². The van der Waals surface area contributed by atoms with Crippen molar-refractivity contribution in [3.8, 4) is 5.75 Å². The topological polar surface area (TPSA) is 94.6 Å². The van der Waals surface area contributed by atoms with Crippen molar-refractivity contribution in [1.82, 2.24) is 0 Å². The van der Waals surface area contributed by atoms with E-state index in [1.807, 2.05) is 24.3 Å². The minimum absolute atomic E-state index is 0.0327. The van der Waals surface area contributed by atoms with Gasteiger partial charge in [0.2, 0.25) is 0 Å². The average Bonchev–Trinajstić information content (AvgIpc) is 3.18. The number of carbonyl (C=O) groups is 1. The number of anilines is 1. The van der Waals surface area contributed by atoms with Crippen LogP contribution in [0.2, 0.25) is 0 Å². The van der Waals surface area contributed by atoms with Gasteiger partial charge in [-0.1, -0.05) is 24.3 Å². The Morgan fingerprint density at radius 2 is 2.03 bits per heavy atom. The zero-order valence-electron chi connectivity index (χ0n) is 15.9. The SMILES string of the molecule is C=CCc1ccccc1OCc1ccc(C(=O)Nc2ccc([N+](=O)[O-])cc2C)o1. The fraction of sp³-hybridized carbons (Fsp3) is 0.136. The molecule has 7 nitrogen and oxygen atoms in total. The smallest absolute Gasteiger partial charge is 0.291 e. The molecule has 3 rings (SSSR count). The molecule has 1 N–H and O–H groups in total. The summed E-state index contributed by atoms with van der Waals surface area (Å²) in [6.07, 6.45) is 2.49. The van der Waals surface area contributed by atoms with Crippen molar-refractivity contribution in [2.75, 3.05) is 5.32 Å². The normalized spacial score (nSPS) is 10.4. The number of rotatable bonds is 8. The number of nitrogens with zero attached hydrogens (tertiary/aromatic N) is 1. The van der Waals surface area contributed by atoms with Crippen LogP contribution in [-0.4, -0.2) is 10.8 Å². The highest BCUT2D eigenvalue weighted by molar-refractivity contribution is 6.02. The van der Waals surface area contributed by atoms with Gasteiger partial charge >= 0.3 is 0 Å². The monoisotopic (exact) mass is 392 g/mol. The Balaban J connectivity index is 1.65. The van der Waals surface area contributed by atoms with Gasteiger partial charge in [-0.2, -0.15) is 0 Å². The highest BCUT2D eigenvalue weighted by Crippen LogP contribution is 2.23. The number of para-hydroxylation sites is 1. The van der Waals surface area contributed by atoms with E-state index >= 15 is 0 Å². The number of hydrogen-bond acceptors (Lipinski definition) is 5. The molecule has 0 unspecified atom stereocenters. The molecule has 0 bridgehead atoms. The number of benzene rings is 2. The van der Waals surface area contributed by atoms with Crippen LogP contribution >= 0.6 is 0 Å². The minimum atomic E-state index is -0.482. The van der Waals surface area contributed by atoms with Crippen LogP contribution < -0.4 is 10.1 Å². The second-order valence-corrected chi connectivity index (χ2v) is 6.37. The fourth-order valence-electron chi connectivity index (χ4n) is 2.78. The number of nitro groups is 1. The van der Waals surface area contributed by atoms with Gasteiger partial charge in [0, 0.05) is 17.8 Å². The number of carbonyl (C=O) groups excluding carboxylic acids is 1. The maximum absolute atomic E-state index is 12.4. The Morgan fingerprint density at radius 3 is 2.76 bits per heavy atom. The maximum Gasteiger partial charge on any atom is 0.291 e. The van der Waals surface area contributed by atoms with Gasteiger partial charge < -0.3 is 14.5 Å². The number of furan rings is 1. The lowest BCUT2D eigenvalue weighted by atomic mass is 10.1. The molecule has 0 radical (unpaired) electrons. The Kier molecular flexibility index (Phi) is 6.09. The summed E-state index contributed by atoms with van der Waals surface area (Å²) in [5.41, 5.74) is 2.05. The summed E-state index contributed by atoms with van der Waals surface area (Å²) in [4.78, 5) is 22.8. The Morgan fingerprint density at radius 1 is 1.24 bits per heavy atom. The van der Waals surface area contributed by atoms with E-state index in [0.717, 1.165) is 11.3 Å². The van der Waals surface area contributed by atoms with E-state index < -0.39 is 10.8 Å². The third kappa shape index (κ3) is 4.90. The van der Waals surface area contributed by atoms with Crippen LogP contribution in [0.3, 0.4) is 0 Å². The van der Waals surface area contributed by atoms with Crippen LogP contribution in [0.1, 0.15) is 27.4 Å². The summed E-state index contributed by atoms with van der Waals surface area (Å²) >= 11 is 0. The Hall–Kier alpha value is -3.87. The molecule has 0 aliphatic rings. The second-order valence-electron chi connectivity index (χ2n) is 6.37. The molecule has 0 spiro atoms. The predicted octanol–water partition coefficient (Wildman–Crippen LogP) is 5.06. The number of hydrogen-bond donors (Lipinski definition) is 1. The van der Waals surface area contributed by atoms with Gasteiger partial charge in [0.05, 0.1) is 4.92 Å². The third-order valence-corrected chi connectivity index (χ3v) is 4.26. The molecule has 0 atom stereocenters. The van der Waals surface area contributed by atoms with Gasteiger partial charge in [-0.05, 0) is 48.7 Å². The lowest BCUT2D eigenvalue weighted by Gasteiger charge is -2.09. The molecule has 1 amide bonds. The molecule has 0 fully saturated rings. The number of allylic oxidation sites excluding steroid dienone is 1. The second kappa shape index (κ2) is 8.88. The molecule has 0 aliphatic carbocycles. The maximum atomic E-state index is 12.4. The summed E-state index contributed by atoms with van der Waals surface area (Å²) < 4.78 is 11.4. The molecule has 0 aliphatic heterocycles. The Labute approximate surface area is 167 Å². The number of non-ortho nitro benzene ring substituents is 1. The van der Waals surface area contributed by atoms with E-state index in [0.29, 0.717) is 23.4 Å². The number of aryl methyl sites for hydroxylation is 1. The zero-order chi connectivity index (χ0) is 20.8. The number of amides is 1. The number of nitro benzene ring substituents is 1. The van der Waals surface area contributed by atoms with E-state index in [1.54, 1.807) is 25.1 Å². The van der Waals surface area contributed by atoms with Gasteiger partial charge in [0.25, 0.3) is 11.6 Å². The van der Waals surface area contributed by atoms with Crippen LogP contribution in [0.4, 0.5) is 11.4 Å². The van der Waals surface area contributed by atoms with Crippen LogP contribution in [0, 0.1) is 17.0 Å². The molecular weight excluding hydrogens is 372 g/mol. The number of nitrogens with one attached hydrogen (secondary N) is 1. The van der Waals surface area contributed by atoms with Crippen molar-refractivity contribution >= 4 is 17.3 Å². The van der Waals surface area contributed by atoms with Crippen molar-refractivity contribution in [2.45, 2.75) is 20.0 Å². The highest BCUT2D eigenvalue weighted by Gasteiger charge is 2.15. The standard InChI is InChI=1S/C22H20N2O5/c1-3-6-16-7-4-5-8-20(16)28-14-18-10-12-21(29-18)22(25)23-19-11-9-17(24(26)27)13-15(19)2/h3-5,7-13H,1,6,14H2,2H3,(H,23,25). The van der Waals surface area contributed by atoms with Gasteiger partial charge in [0.1, 0.15) is 18.1 Å². The highest BCUT2D eigenvalue weighted by atomic mass is 16.6. The fourth-order valence-corrected chi connectivity index (χ4v) is 2.78. The van der Waals surface area contributed by atoms with Crippen LogP contribution in [0.25, 0.3) is 0 Å². The van der Waals surface area contributed by atoms with Crippen molar-refractivity contribution in [3.05, 3.63) is 100 Å². The first-order valence-corrected chi connectivity index (χ1v) is 8.94. The van der Waals surface area contributed by atoms with Crippen molar-refractivity contribution in [2.24, 2.45) is 0 Å². The molecule has 1 heterocycles. The first kappa shape index (κ1) is 19.9. The van der Waals surface area contributed by atoms with Crippen molar-refractivity contribution in [3.63, 3.8) is 0 Å². The lowest BCUT2D eigenvalue weighted by Crippen LogP contribution is -2.12. The third-order valence-electron chi connectivity index (χ3n) is 4.26. The molecule has 1 aromatic heterocycles. The van der Waals surface area contributed by atoms with Gasteiger partial charge in [-0.3, -0.25) is 14.9 Å². The lowest BCUT2D eigenvalue weighted by molar-refractivity contribution is -0.384. The summed E-state index contributed by atoms with van der Waals surface area (Å²) in [6.45, 7) is 5.60. The minimum Gasteiger partial charge on any atom is -0.485 e. The molecule has 0 saturated heterocycles. The summed E-state index contributed by atoms with van der Waals surface area (Å²) in [5.74, 6) is 0.918. The van der Waals surface area contributed by atoms with E-state index in [1.165, 1.54) is 18.2 Å². The van der Waals surface area contributed by atoms with E-state index in [-0.39, 0.29) is 18.1 Å². The zero-order valence-corrected chi connectivity index (χ0v) is 15.9. The average molecular weight is 392 g/mol. The van der Waals surface area contributed by atoms with Crippen molar-refractivity contribution < 1.29 is 18.9 Å². The van der Waals surface area contributed by atoms with Gasteiger partial charge in [0.15, 0.2) is 5.76 Å². The summed E-state index contributed by atoms with van der Waals surface area (Å²) in [7, 11) is 0. The molecule has 7 heteroatoms. The first-order valence-electron chi connectivity index (χ1n) is 8.94. The van der Waals surface area contributed by atoms with Crippen LogP contribution in [0.5, 0.6) is 5.75 Å². The van der Waals surface area contributed by atoms with Crippen LogP contribution in [-0.2, 0) is 13.0 Å². The summed E-state index contributed by atoms with van der Waals surface area (Å²) in [6, 6.07) is 15.1. The van der Waals surface area contributed by atoms with E-state index in [9.17, 15) is 14.9 Å². The molecule has 148 valence electrons. The summed E-state index contributed by atoms with van der Waals surface area (Å²) in [5, 5.41) is 13.5. The van der Waals surface area contributed by atoms with Crippen molar-refractivity contribution in [1.29, 1.82) is 0 Å². The largest absolute Gasteiger partial charge is 0.485 e. The van der Waals surface area contributed by atoms with Gasteiger partial charge in [-0.25, -0.2) is 0 Å². The Bertz CT molecular complexity index is 1050. The number of ether oxygens (including phenoxy) is 1. The molecular formula is C22H20N2O5. The predicted molar refractivity (Wildman–Crippen MR) is 109 cm³/mol.